The zero-order valence-electron chi connectivity index (χ0n) is 15.2. The molecule has 0 aliphatic rings. The zero-order valence-corrected chi connectivity index (χ0v) is 16.0. The first-order chi connectivity index (χ1) is 12.3. The molecule has 2 aromatic carbocycles. The average Bonchev–Trinajstić information content (AvgIpc) is 2.66. The van der Waals surface area contributed by atoms with Gasteiger partial charge in [-0.05, 0) is 42.7 Å². The normalized spacial score (nSPS) is 11.6. The summed E-state index contributed by atoms with van der Waals surface area (Å²) in [6, 6.07) is 18.7. The summed E-state index contributed by atoms with van der Waals surface area (Å²) < 4.78 is 0. The fourth-order valence-corrected chi connectivity index (χ4v) is 3.68. The van der Waals surface area contributed by atoms with Crippen LogP contribution in [-0.4, -0.2) is 10.9 Å². The smallest absolute Gasteiger partial charge is 0.0867 e. The second kappa shape index (κ2) is 11.8. The number of hydrogen-bond acceptors (Lipinski definition) is 3. The standard InChI is InChI=1S/C22H29NOS/c1-2-3-4-5-6-7-11-14-22(23-24)19-15-17-21(18-16-19)25-20-12-9-8-10-13-20/h8-10,12-13,15-18,24H,2-7,11,14H2,1H3/b23-22+. The summed E-state index contributed by atoms with van der Waals surface area (Å²) in [7, 11) is 0. The minimum atomic E-state index is 0.796. The maximum atomic E-state index is 9.34. The van der Waals surface area contributed by atoms with Gasteiger partial charge in [0.15, 0.2) is 0 Å². The van der Waals surface area contributed by atoms with Crippen LogP contribution in [0.3, 0.4) is 0 Å². The molecular weight excluding hydrogens is 326 g/mol. The highest BCUT2D eigenvalue weighted by Gasteiger charge is 2.05. The lowest BCUT2D eigenvalue weighted by Crippen LogP contribution is -2.01. The van der Waals surface area contributed by atoms with Gasteiger partial charge in [-0.25, -0.2) is 0 Å². The van der Waals surface area contributed by atoms with E-state index < -0.39 is 0 Å². The molecule has 0 aliphatic carbocycles. The second-order valence-electron chi connectivity index (χ2n) is 6.36. The number of oxime groups is 1. The van der Waals surface area contributed by atoms with Gasteiger partial charge in [0.25, 0.3) is 0 Å². The van der Waals surface area contributed by atoms with Gasteiger partial charge >= 0.3 is 0 Å². The van der Waals surface area contributed by atoms with E-state index in [0.29, 0.717) is 0 Å². The maximum absolute atomic E-state index is 9.34. The van der Waals surface area contributed by atoms with Gasteiger partial charge in [0.2, 0.25) is 0 Å². The van der Waals surface area contributed by atoms with Crippen molar-refractivity contribution >= 4 is 17.5 Å². The summed E-state index contributed by atoms with van der Waals surface area (Å²) in [5, 5.41) is 12.9. The molecule has 0 radical (unpaired) electrons. The molecule has 2 nitrogen and oxygen atoms in total. The van der Waals surface area contributed by atoms with Crippen LogP contribution in [0.2, 0.25) is 0 Å². The van der Waals surface area contributed by atoms with Crippen LogP contribution in [0.4, 0.5) is 0 Å². The largest absolute Gasteiger partial charge is 0.411 e. The van der Waals surface area contributed by atoms with E-state index >= 15 is 0 Å². The third-order valence-corrected chi connectivity index (χ3v) is 5.32. The van der Waals surface area contributed by atoms with Crippen molar-refractivity contribution in [1.82, 2.24) is 0 Å². The van der Waals surface area contributed by atoms with Crippen LogP contribution in [0.1, 0.15) is 63.9 Å². The number of benzene rings is 2. The Labute approximate surface area is 156 Å². The Hall–Kier alpha value is -1.74. The number of nitrogens with zero attached hydrogens (tertiary/aromatic N) is 1. The third kappa shape index (κ3) is 7.35. The molecule has 134 valence electrons. The molecule has 2 aromatic rings. The summed E-state index contributed by atoms with van der Waals surface area (Å²) in [4.78, 5) is 2.43. The fraction of sp³-hybridized carbons (Fsp3) is 0.409. The minimum absolute atomic E-state index is 0.796. The maximum Gasteiger partial charge on any atom is 0.0867 e. The van der Waals surface area contributed by atoms with Gasteiger partial charge in [0, 0.05) is 9.79 Å². The molecule has 0 aromatic heterocycles. The molecule has 0 saturated carbocycles. The van der Waals surface area contributed by atoms with Crippen molar-refractivity contribution in [2.24, 2.45) is 5.16 Å². The molecule has 0 unspecified atom stereocenters. The number of hydrogen-bond donors (Lipinski definition) is 1. The Balaban J connectivity index is 1.78. The predicted octanol–water partition coefficient (Wildman–Crippen LogP) is 7.16. The van der Waals surface area contributed by atoms with E-state index in [0.717, 1.165) is 24.1 Å². The molecule has 0 bridgehead atoms. The third-order valence-electron chi connectivity index (χ3n) is 4.30. The van der Waals surface area contributed by atoms with Gasteiger partial charge in [-0.15, -0.1) is 0 Å². The molecule has 0 fully saturated rings. The monoisotopic (exact) mass is 355 g/mol. The van der Waals surface area contributed by atoms with Crippen LogP contribution < -0.4 is 0 Å². The van der Waals surface area contributed by atoms with Crippen molar-refractivity contribution in [2.45, 2.75) is 68.1 Å². The zero-order chi connectivity index (χ0) is 17.7. The summed E-state index contributed by atoms with van der Waals surface area (Å²) in [5.41, 5.74) is 1.82. The molecule has 1 N–H and O–H groups in total. The summed E-state index contributed by atoms with van der Waals surface area (Å²) in [5.74, 6) is 0. The number of unbranched alkanes of at least 4 members (excludes halogenated alkanes) is 6. The van der Waals surface area contributed by atoms with E-state index in [4.69, 9.17) is 0 Å². The van der Waals surface area contributed by atoms with Gasteiger partial charge in [0.1, 0.15) is 0 Å². The van der Waals surface area contributed by atoms with Crippen molar-refractivity contribution in [3.63, 3.8) is 0 Å². The van der Waals surface area contributed by atoms with E-state index in [-0.39, 0.29) is 0 Å². The molecule has 0 saturated heterocycles. The van der Waals surface area contributed by atoms with Crippen molar-refractivity contribution in [3.8, 4) is 0 Å². The fourth-order valence-electron chi connectivity index (χ4n) is 2.84. The molecule has 0 spiro atoms. The SMILES string of the molecule is CCCCCCCCC/C(=N\O)c1ccc(Sc2ccccc2)cc1. The van der Waals surface area contributed by atoms with Gasteiger partial charge in [-0.2, -0.15) is 0 Å². The van der Waals surface area contributed by atoms with E-state index in [1.807, 2.05) is 6.07 Å². The molecule has 0 atom stereocenters. The van der Waals surface area contributed by atoms with E-state index in [9.17, 15) is 5.21 Å². The molecule has 0 heterocycles. The van der Waals surface area contributed by atoms with Gasteiger partial charge in [-0.3, -0.25) is 0 Å². The van der Waals surface area contributed by atoms with Crippen molar-refractivity contribution in [2.75, 3.05) is 0 Å². The van der Waals surface area contributed by atoms with Crippen LogP contribution in [0, 0.1) is 0 Å². The van der Waals surface area contributed by atoms with Crippen molar-refractivity contribution in [1.29, 1.82) is 0 Å². The lowest BCUT2D eigenvalue weighted by molar-refractivity contribution is 0.317. The highest BCUT2D eigenvalue weighted by Crippen LogP contribution is 2.27. The predicted molar refractivity (Wildman–Crippen MR) is 108 cm³/mol. The lowest BCUT2D eigenvalue weighted by Gasteiger charge is -2.07. The Morgan fingerprint density at radius 1 is 0.800 bits per heavy atom. The molecule has 25 heavy (non-hydrogen) atoms. The summed E-state index contributed by atoms with van der Waals surface area (Å²) >= 11 is 1.74. The molecule has 0 aliphatic heterocycles. The first kappa shape index (κ1) is 19.6. The first-order valence-corrected chi connectivity index (χ1v) is 10.2. The summed E-state index contributed by atoms with van der Waals surface area (Å²) in [6.07, 6.45) is 9.73. The van der Waals surface area contributed by atoms with Gasteiger partial charge in [0.05, 0.1) is 5.71 Å². The molecular formula is C22H29NOS. The van der Waals surface area contributed by atoms with Crippen LogP contribution in [0.15, 0.2) is 69.5 Å². The van der Waals surface area contributed by atoms with Crippen LogP contribution >= 0.6 is 11.8 Å². The number of rotatable bonds is 11. The quantitative estimate of drug-likeness (QED) is 0.201. The second-order valence-corrected chi connectivity index (χ2v) is 7.50. The van der Waals surface area contributed by atoms with Crippen LogP contribution in [0.5, 0.6) is 0 Å². The van der Waals surface area contributed by atoms with Crippen LogP contribution in [0.25, 0.3) is 0 Å². The topological polar surface area (TPSA) is 32.6 Å². The minimum Gasteiger partial charge on any atom is -0.411 e. The molecule has 0 amide bonds. The van der Waals surface area contributed by atoms with Crippen LogP contribution in [-0.2, 0) is 0 Å². The first-order valence-electron chi connectivity index (χ1n) is 9.37. The molecule has 2 rings (SSSR count). The van der Waals surface area contributed by atoms with E-state index in [1.54, 1.807) is 11.8 Å². The van der Waals surface area contributed by atoms with Crippen molar-refractivity contribution < 1.29 is 5.21 Å². The Kier molecular flexibility index (Phi) is 9.21. The highest BCUT2D eigenvalue weighted by molar-refractivity contribution is 7.99. The summed E-state index contributed by atoms with van der Waals surface area (Å²) in [6.45, 7) is 2.24. The Bertz CT molecular complexity index is 622. The van der Waals surface area contributed by atoms with Crippen molar-refractivity contribution in [3.05, 3.63) is 60.2 Å². The van der Waals surface area contributed by atoms with E-state index in [1.165, 1.54) is 48.3 Å². The lowest BCUT2D eigenvalue weighted by atomic mass is 10.0. The highest BCUT2D eigenvalue weighted by atomic mass is 32.2. The Morgan fingerprint density at radius 2 is 1.40 bits per heavy atom. The molecule has 3 heteroatoms. The average molecular weight is 356 g/mol. The Morgan fingerprint density at radius 3 is 2.04 bits per heavy atom. The van der Waals surface area contributed by atoms with Gasteiger partial charge < -0.3 is 5.21 Å². The van der Waals surface area contributed by atoms with E-state index in [2.05, 4.69) is 60.6 Å². The van der Waals surface area contributed by atoms with Gasteiger partial charge in [-0.1, -0.05) is 92.7 Å².